The molecule has 0 aliphatic heterocycles. The van der Waals surface area contributed by atoms with E-state index >= 15 is 0 Å². The summed E-state index contributed by atoms with van der Waals surface area (Å²) in [5.41, 5.74) is 0. The van der Waals surface area contributed by atoms with Crippen molar-refractivity contribution in [3.05, 3.63) is 0 Å². The van der Waals surface area contributed by atoms with Gasteiger partial charge in [0.1, 0.15) is 0 Å². The van der Waals surface area contributed by atoms with Gasteiger partial charge in [-0.2, -0.15) is 158 Å². The van der Waals surface area contributed by atoms with E-state index in [-0.39, 0.29) is 0 Å². The third-order valence-corrected chi connectivity index (χ3v) is 6.05. The molecular weight excluding hydrogens is 1150 g/mol. The topological polar surface area (TPSA) is 133 Å². The standard InChI is InChI=1S/2C12H3F18N3O3/c2*13-7(14,15)1(8(16,17)18)34-4-31-5(35-2(9(19,20)21)10(22,23)24)33-6(32-4)36-3(11(25,26)27)12(28,29)30/h2*1-3H. The van der Waals surface area contributed by atoms with Crippen molar-refractivity contribution in [3.63, 3.8) is 0 Å². The molecule has 0 atom stereocenters. The highest BCUT2D eigenvalue weighted by molar-refractivity contribution is 5.13. The Morgan fingerprint density at radius 1 is 0.167 bits per heavy atom. The van der Waals surface area contributed by atoms with Crippen molar-refractivity contribution in [2.45, 2.75) is 111 Å². The van der Waals surface area contributed by atoms with Crippen molar-refractivity contribution in [1.29, 1.82) is 0 Å². The van der Waals surface area contributed by atoms with Crippen molar-refractivity contribution in [3.8, 4) is 36.1 Å². The molecule has 2 heterocycles. The van der Waals surface area contributed by atoms with Crippen LogP contribution in [-0.2, 0) is 0 Å². The van der Waals surface area contributed by atoms with Crippen LogP contribution in [0.3, 0.4) is 0 Å². The monoisotopic (exact) mass is 1160 g/mol. The number of nitrogens with zero attached hydrogens (tertiary/aromatic N) is 6. The summed E-state index contributed by atoms with van der Waals surface area (Å²) in [5, 5.41) is 0. The van der Waals surface area contributed by atoms with Gasteiger partial charge in [0.05, 0.1) is 0 Å². The molecule has 48 heteroatoms. The van der Waals surface area contributed by atoms with Crippen LogP contribution in [0.1, 0.15) is 0 Å². The molecule has 0 saturated heterocycles. The van der Waals surface area contributed by atoms with Crippen LogP contribution < -0.4 is 28.4 Å². The lowest BCUT2D eigenvalue weighted by Crippen LogP contribution is -2.48. The van der Waals surface area contributed by atoms with Gasteiger partial charge >= 0.3 is 110 Å². The Labute approximate surface area is 364 Å². The van der Waals surface area contributed by atoms with Crippen LogP contribution in [-0.4, -0.2) is 141 Å². The van der Waals surface area contributed by atoms with Gasteiger partial charge in [-0.3, -0.25) is 0 Å². The van der Waals surface area contributed by atoms with E-state index in [1.807, 2.05) is 0 Å². The predicted molar refractivity (Wildman–Crippen MR) is 139 cm³/mol. The third-order valence-electron chi connectivity index (χ3n) is 6.05. The highest BCUT2D eigenvalue weighted by atomic mass is 19.5. The summed E-state index contributed by atoms with van der Waals surface area (Å²) >= 11 is 0. The van der Waals surface area contributed by atoms with E-state index in [0.29, 0.717) is 0 Å². The van der Waals surface area contributed by atoms with Crippen LogP contribution in [0, 0.1) is 0 Å². The first-order valence-corrected chi connectivity index (χ1v) is 15.6. The second kappa shape index (κ2) is 20.7. The summed E-state index contributed by atoms with van der Waals surface area (Å²) in [4.78, 5) is 12.5. The Balaban J connectivity index is 0.000000720. The van der Waals surface area contributed by atoms with Crippen LogP contribution in [0.5, 0.6) is 36.1 Å². The van der Waals surface area contributed by atoms with Gasteiger partial charge in [-0.1, -0.05) is 0 Å². The highest BCUT2D eigenvalue weighted by Crippen LogP contribution is 2.43. The SMILES string of the molecule is FC(F)(F)C(Oc1nc(OC(C(F)(F)F)C(F)(F)F)nc(OC(C(F)(F)F)C(F)(F)F)n1)C(F)(F)F.FC(F)(F)C(Oc1nc(OC(C(F)(F)F)C(F)(F)F)nc(OC(C(F)(F)F)C(F)(F)F)n1)C(F)(F)F. The first-order chi connectivity index (χ1) is 31.3. The normalized spacial score (nSPS) is 14.6. The van der Waals surface area contributed by atoms with Gasteiger partial charge in [0.15, 0.2) is 0 Å². The van der Waals surface area contributed by atoms with Crippen LogP contribution in [0.25, 0.3) is 0 Å². The minimum Gasteiger partial charge on any atom is -0.440 e. The Hall–Kier alpha value is -5.70. The van der Waals surface area contributed by atoms with Crippen LogP contribution in [0.4, 0.5) is 158 Å². The average molecular weight is 1160 g/mol. The second-order valence-electron chi connectivity index (χ2n) is 11.9. The summed E-state index contributed by atoms with van der Waals surface area (Å²) in [6.45, 7) is 0. The molecule has 0 N–H and O–H groups in total. The molecule has 0 radical (unpaired) electrons. The summed E-state index contributed by atoms with van der Waals surface area (Å²) < 4.78 is 471. The van der Waals surface area contributed by atoms with Crippen molar-refractivity contribution in [2.24, 2.45) is 0 Å². The molecule has 420 valence electrons. The third kappa shape index (κ3) is 19.7. The molecule has 0 amide bonds. The van der Waals surface area contributed by atoms with Crippen molar-refractivity contribution < 1.29 is 186 Å². The molecule has 0 aromatic carbocycles. The fourth-order valence-corrected chi connectivity index (χ4v) is 3.50. The van der Waals surface area contributed by atoms with E-state index in [1.54, 1.807) is 0 Å². The van der Waals surface area contributed by atoms with Gasteiger partial charge in [0, 0.05) is 0 Å². The number of alkyl halides is 36. The van der Waals surface area contributed by atoms with E-state index in [1.165, 1.54) is 0 Å². The summed E-state index contributed by atoms with van der Waals surface area (Å²) in [5.74, 6) is 0. The first kappa shape index (κ1) is 64.3. The number of hydrogen-bond donors (Lipinski definition) is 0. The Morgan fingerprint density at radius 2 is 0.236 bits per heavy atom. The average Bonchev–Trinajstić information content (AvgIpc) is 3.06. The molecule has 0 aliphatic rings. The molecule has 2 aromatic rings. The number of hydrogen-bond acceptors (Lipinski definition) is 12. The maximum atomic E-state index is 12.6. The molecule has 0 saturated carbocycles. The Morgan fingerprint density at radius 3 is 0.292 bits per heavy atom. The maximum Gasteiger partial charge on any atom is 0.434 e. The molecule has 0 unspecified atom stereocenters. The lowest BCUT2D eigenvalue weighted by molar-refractivity contribution is -0.306. The van der Waals surface area contributed by atoms with E-state index in [4.69, 9.17) is 0 Å². The maximum absolute atomic E-state index is 12.6. The predicted octanol–water partition coefficient (Wildman–Crippen LogP) is 11.0. The number of halogens is 36. The number of aromatic nitrogens is 6. The molecular formula is C24H6F36N6O6. The molecule has 12 nitrogen and oxygen atoms in total. The van der Waals surface area contributed by atoms with E-state index in [2.05, 4.69) is 58.3 Å². The zero-order chi connectivity index (χ0) is 57.4. The van der Waals surface area contributed by atoms with Crippen LogP contribution >= 0.6 is 0 Å². The Kier molecular flexibility index (Phi) is 18.5. The van der Waals surface area contributed by atoms with Gasteiger partial charge in [-0.25, -0.2) is 0 Å². The fraction of sp³-hybridized carbons (Fsp3) is 0.750. The van der Waals surface area contributed by atoms with Crippen LogP contribution in [0.15, 0.2) is 0 Å². The van der Waals surface area contributed by atoms with Crippen molar-refractivity contribution >= 4 is 0 Å². The van der Waals surface area contributed by atoms with E-state index in [0.717, 1.165) is 0 Å². The molecule has 0 aliphatic carbocycles. The van der Waals surface area contributed by atoms with E-state index < -0.39 is 147 Å². The lowest BCUT2D eigenvalue weighted by atomic mass is 10.3. The van der Waals surface area contributed by atoms with Crippen molar-refractivity contribution in [1.82, 2.24) is 29.9 Å². The number of ether oxygens (including phenoxy) is 6. The molecule has 0 fully saturated rings. The quantitative estimate of drug-likeness (QED) is 0.187. The lowest BCUT2D eigenvalue weighted by Gasteiger charge is -2.25. The summed E-state index contributed by atoms with van der Waals surface area (Å²) in [6, 6.07) is -16.1. The van der Waals surface area contributed by atoms with Crippen LogP contribution in [0.2, 0.25) is 0 Å². The number of rotatable bonds is 12. The van der Waals surface area contributed by atoms with Gasteiger partial charge in [-0.05, 0) is 0 Å². The fourth-order valence-electron chi connectivity index (χ4n) is 3.50. The molecule has 0 bridgehead atoms. The zero-order valence-electron chi connectivity index (χ0n) is 31.2. The van der Waals surface area contributed by atoms with Gasteiger partial charge in [0.2, 0.25) is 0 Å². The first-order valence-electron chi connectivity index (χ1n) is 15.6. The molecule has 2 rings (SSSR count). The molecule has 2 aromatic heterocycles. The van der Waals surface area contributed by atoms with E-state index in [9.17, 15) is 158 Å². The van der Waals surface area contributed by atoms with Gasteiger partial charge in [0.25, 0.3) is 36.6 Å². The molecule has 72 heavy (non-hydrogen) atoms. The smallest absolute Gasteiger partial charge is 0.434 e. The largest absolute Gasteiger partial charge is 0.440 e. The summed E-state index contributed by atoms with van der Waals surface area (Å²) in [6.07, 6.45) is -108. The second-order valence-corrected chi connectivity index (χ2v) is 11.9. The van der Waals surface area contributed by atoms with Gasteiger partial charge < -0.3 is 28.4 Å². The minimum absolute atomic E-state index is 2.09. The van der Waals surface area contributed by atoms with Gasteiger partial charge in [-0.15, -0.1) is 29.9 Å². The Bertz CT molecular complexity index is 1580. The molecule has 0 spiro atoms. The zero-order valence-corrected chi connectivity index (χ0v) is 31.2. The minimum atomic E-state index is -6.48. The summed E-state index contributed by atoms with van der Waals surface area (Å²) in [7, 11) is 0. The highest BCUT2D eigenvalue weighted by Gasteiger charge is 2.65. The van der Waals surface area contributed by atoms with Crippen molar-refractivity contribution in [2.75, 3.05) is 0 Å².